The average molecular weight is 342 g/mol. The lowest BCUT2D eigenvalue weighted by atomic mass is 9.91. The number of hydrogen-bond donors (Lipinski definition) is 1. The second-order valence-corrected chi connectivity index (χ2v) is 7.37. The summed E-state index contributed by atoms with van der Waals surface area (Å²) in [5.41, 5.74) is 0. The van der Waals surface area contributed by atoms with E-state index in [1.807, 2.05) is 4.57 Å². The monoisotopic (exact) mass is 342 g/mol. The van der Waals surface area contributed by atoms with Crippen LogP contribution in [0.3, 0.4) is 0 Å². The first kappa shape index (κ1) is 16.0. The van der Waals surface area contributed by atoms with Crippen molar-refractivity contribution in [3.63, 3.8) is 0 Å². The molecule has 124 valence electrons. The molecule has 2 aromatic rings. The first-order chi connectivity index (χ1) is 10.9. The molecule has 1 aliphatic carbocycles. The average Bonchev–Trinajstić information content (AvgIpc) is 3.00. The van der Waals surface area contributed by atoms with E-state index in [4.69, 9.17) is 0 Å². The first-order valence-electron chi connectivity index (χ1n) is 7.26. The summed E-state index contributed by atoms with van der Waals surface area (Å²) >= 11 is 0. The molecule has 0 aliphatic heterocycles. The highest BCUT2D eigenvalue weighted by Gasteiger charge is 2.27. The Balaban J connectivity index is 1.75. The van der Waals surface area contributed by atoms with Crippen LogP contribution in [0, 0.1) is 11.6 Å². The molecule has 23 heavy (non-hydrogen) atoms. The molecule has 0 bridgehead atoms. The Morgan fingerprint density at radius 3 is 2.39 bits per heavy atom. The number of nitrogens with zero attached hydrogens (tertiary/aromatic N) is 3. The van der Waals surface area contributed by atoms with Gasteiger partial charge in [-0.2, -0.15) is 0 Å². The largest absolute Gasteiger partial charge is 0.317 e. The Morgan fingerprint density at radius 2 is 1.74 bits per heavy atom. The molecule has 1 heterocycles. The summed E-state index contributed by atoms with van der Waals surface area (Å²) in [4.78, 5) is -0.401. The standard InChI is InChI=1S/C14H16F2N4O2S/c15-10-4-11(16)6-14(5-10)23(21,22)19-12-2-1-3-13(7-12)20-8-17-18-9-20/h4-6,8-9,12-13,19H,1-3,7H2/t12-,13+/m0/s1. The van der Waals surface area contributed by atoms with Gasteiger partial charge in [0, 0.05) is 18.2 Å². The van der Waals surface area contributed by atoms with Crippen LogP contribution in [0.4, 0.5) is 8.78 Å². The topological polar surface area (TPSA) is 76.9 Å². The van der Waals surface area contributed by atoms with Gasteiger partial charge in [-0.05, 0) is 37.8 Å². The SMILES string of the molecule is O=S(=O)(N[C@H]1CCC[C@@H](n2cnnc2)C1)c1cc(F)cc(F)c1. The summed E-state index contributed by atoms with van der Waals surface area (Å²) in [5.74, 6) is -1.84. The Morgan fingerprint density at radius 1 is 1.09 bits per heavy atom. The highest BCUT2D eigenvalue weighted by atomic mass is 32.2. The van der Waals surface area contributed by atoms with Gasteiger partial charge in [-0.15, -0.1) is 10.2 Å². The van der Waals surface area contributed by atoms with Crippen LogP contribution in [0.15, 0.2) is 35.7 Å². The van der Waals surface area contributed by atoms with Gasteiger partial charge < -0.3 is 4.57 Å². The van der Waals surface area contributed by atoms with E-state index in [1.165, 1.54) is 0 Å². The molecule has 0 amide bonds. The summed E-state index contributed by atoms with van der Waals surface area (Å²) in [6, 6.07) is 2.07. The van der Waals surface area contributed by atoms with Crippen LogP contribution in [0.5, 0.6) is 0 Å². The zero-order chi connectivity index (χ0) is 16.4. The van der Waals surface area contributed by atoms with Gasteiger partial charge in [0.1, 0.15) is 24.3 Å². The predicted molar refractivity (Wildman–Crippen MR) is 78.0 cm³/mol. The maximum Gasteiger partial charge on any atom is 0.241 e. The molecule has 1 saturated carbocycles. The van der Waals surface area contributed by atoms with E-state index in [9.17, 15) is 17.2 Å². The van der Waals surface area contributed by atoms with Crippen molar-refractivity contribution in [1.29, 1.82) is 0 Å². The molecule has 1 aromatic heterocycles. The molecule has 0 saturated heterocycles. The van der Waals surface area contributed by atoms with Gasteiger partial charge >= 0.3 is 0 Å². The van der Waals surface area contributed by atoms with Crippen LogP contribution in [0.25, 0.3) is 0 Å². The fourth-order valence-corrected chi connectivity index (χ4v) is 4.23. The van der Waals surface area contributed by atoms with Crippen LogP contribution in [-0.2, 0) is 10.0 Å². The number of halogens is 2. The van der Waals surface area contributed by atoms with E-state index in [0.717, 1.165) is 25.0 Å². The molecule has 0 unspecified atom stereocenters. The Kier molecular flexibility index (Phi) is 4.40. The molecule has 6 nitrogen and oxygen atoms in total. The van der Waals surface area contributed by atoms with Crippen molar-refractivity contribution in [3.8, 4) is 0 Å². The van der Waals surface area contributed by atoms with Gasteiger partial charge in [0.25, 0.3) is 0 Å². The molecule has 9 heteroatoms. The molecule has 1 aliphatic rings. The van der Waals surface area contributed by atoms with Gasteiger partial charge in [0.2, 0.25) is 10.0 Å². The van der Waals surface area contributed by atoms with Crippen molar-refractivity contribution >= 4 is 10.0 Å². The maximum absolute atomic E-state index is 13.2. The van der Waals surface area contributed by atoms with Crippen LogP contribution < -0.4 is 4.72 Å². The van der Waals surface area contributed by atoms with Crippen LogP contribution >= 0.6 is 0 Å². The van der Waals surface area contributed by atoms with E-state index < -0.39 is 26.6 Å². The summed E-state index contributed by atoms with van der Waals surface area (Å²) in [6.45, 7) is 0. The Labute approximate surface area is 132 Å². The summed E-state index contributed by atoms with van der Waals surface area (Å²) in [6.07, 6.45) is 6.20. The number of hydrogen-bond acceptors (Lipinski definition) is 4. The number of benzene rings is 1. The normalized spacial score (nSPS) is 22.2. The highest BCUT2D eigenvalue weighted by molar-refractivity contribution is 7.89. The molecule has 0 spiro atoms. The van der Waals surface area contributed by atoms with Gasteiger partial charge in [-0.25, -0.2) is 21.9 Å². The lowest BCUT2D eigenvalue weighted by Gasteiger charge is -2.30. The number of nitrogens with one attached hydrogen (secondary N) is 1. The first-order valence-corrected chi connectivity index (χ1v) is 8.75. The predicted octanol–water partition coefficient (Wildman–Crippen LogP) is 2.02. The van der Waals surface area contributed by atoms with Gasteiger partial charge in [0.05, 0.1) is 4.90 Å². The van der Waals surface area contributed by atoms with Crippen molar-refractivity contribution in [2.24, 2.45) is 0 Å². The third-order valence-corrected chi connectivity index (χ3v) is 5.47. The van der Waals surface area contributed by atoms with E-state index in [0.29, 0.717) is 18.9 Å². The number of rotatable bonds is 4. The quantitative estimate of drug-likeness (QED) is 0.922. The van der Waals surface area contributed by atoms with Crippen LogP contribution in [-0.4, -0.2) is 29.2 Å². The Hall–Kier alpha value is -1.87. The molecule has 3 rings (SSSR count). The minimum absolute atomic E-state index is 0.107. The molecule has 2 atom stereocenters. The van der Waals surface area contributed by atoms with E-state index >= 15 is 0 Å². The highest BCUT2D eigenvalue weighted by Crippen LogP contribution is 2.29. The Bertz CT molecular complexity index is 760. The number of sulfonamides is 1. The maximum atomic E-state index is 13.2. The van der Waals surface area contributed by atoms with Crippen molar-refractivity contribution in [3.05, 3.63) is 42.5 Å². The summed E-state index contributed by atoms with van der Waals surface area (Å²) in [7, 11) is -3.97. The molecular weight excluding hydrogens is 326 g/mol. The van der Waals surface area contributed by atoms with E-state index in [-0.39, 0.29) is 12.1 Å². The van der Waals surface area contributed by atoms with Gasteiger partial charge in [-0.3, -0.25) is 0 Å². The molecule has 1 N–H and O–H groups in total. The third-order valence-electron chi connectivity index (χ3n) is 3.97. The lowest BCUT2D eigenvalue weighted by molar-refractivity contribution is 0.305. The molecule has 1 fully saturated rings. The smallest absolute Gasteiger partial charge is 0.241 e. The summed E-state index contributed by atoms with van der Waals surface area (Å²) in [5, 5.41) is 7.51. The minimum atomic E-state index is -3.97. The van der Waals surface area contributed by atoms with Crippen molar-refractivity contribution in [2.45, 2.75) is 42.7 Å². The minimum Gasteiger partial charge on any atom is -0.317 e. The van der Waals surface area contributed by atoms with E-state index in [1.54, 1.807) is 12.7 Å². The number of aromatic nitrogens is 3. The molecule has 1 aromatic carbocycles. The van der Waals surface area contributed by atoms with Crippen molar-refractivity contribution in [1.82, 2.24) is 19.5 Å². The van der Waals surface area contributed by atoms with Crippen molar-refractivity contribution < 1.29 is 17.2 Å². The zero-order valence-corrected chi connectivity index (χ0v) is 13.0. The second kappa shape index (κ2) is 6.32. The molecule has 0 radical (unpaired) electrons. The third kappa shape index (κ3) is 3.73. The van der Waals surface area contributed by atoms with Crippen LogP contribution in [0.1, 0.15) is 31.7 Å². The second-order valence-electron chi connectivity index (χ2n) is 5.65. The molecular formula is C14H16F2N4O2S. The lowest BCUT2D eigenvalue weighted by Crippen LogP contribution is -2.38. The fourth-order valence-electron chi connectivity index (χ4n) is 2.91. The van der Waals surface area contributed by atoms with Crippen LogP contribution in [0.2, 0.25) is 0 Å². The zero-order valence-electron chi connectivity index (χ0n) is 12.2. The summed E-state index contributed by atoms with van der Waals surface area (Å²) < 4.78 is 55.5. The van der Waals surface area contributed by atoms with Gasteiger partial charge in [-0.1, -0.05) is 0 Å². The fraction of sp³-hybridized carbons (Fsp3) is 0.429. The van der Waals surface area contributed by atoms with E-state index in [2.05, 4.69) is 14.9 Å². The van der Waals surface area contributed by atoms with Crippen molar-refractivity contribution in [2.75, 3.05) is 0 Å². The van der Waals surface area contributed by atoms with Gasteiger partial charge in [0.15, 0.2) is 0 Å².